The lowest BCUT2D eigenvalue weighted by atomic mass is 10.3. The van der Waals surface area contributed by atoms with E-state index in [1.54, 1.807) is 6.92 Å². The molecular formula is C13H17N3O3. The maximum atomic E-state index is 5.64. The number of rotatable bonds is 6. The van der Waals surface area contributed by atoms with Crippen molar-refractivity contribution in [2.24, 2.45) is 5.73 Å². The third kappa shape index (κ3) is 3.45. The molecule has 0 aliphatic carbocycles. The molecule has 0 amide bonds. The smallest absolute Gasteiger partial charge is 0.253 e. The van der Waals surface area contributed by atoms with Crippen LogP contribution < -0.4 is 15.2 Å². The molecule has 0 aliphatic heterocycles. The number of ether oxygens (including phenoxy) is 2. The third-order valence-corrected chi connectivity index (χ3v) is 2.37. The predicted octanol–water partition coefficient (Wildman–Crippen LogP) is 2.07. The van der Waals surface area contributed by atoms with Crippen LogP contribution in [-0.2, 0) is 6.61 Å². The lowest BCUT2D eigenvalue weighted by molar-refractivity contribution is 0.238. The maximum Gasteiger partial charge on any atom is 0.253 e. The number of nitrogens with two attached hydrogens (primary N) is 1. The zero-order valence-corrected chi connectivity index (χ0v) is 11.0. The number of hydrogen-bond donors (Lipinski definition) is 1. The Morgan fingerprint density at radius 3 is 2.47 bits per heavy atom. The number of nitrogens with zero attached hydrogens (tertiary/aromatic N) is 2. The highest BCUT2D eigenvalue weighted by atomic mass is 16.5. The van der Waals surface area contributed by atoms with Crippen LogP contribution >= 0.6 is 0 Å². The van der Waals surface area contributed by atoms with Crippen LogP contribution in [0.15, 0.2) is 28.7 Å². The van der Waals surface area contributed by atoms with E-state index >= 15 is 0 Å². The largest absolute Gasteiger partial charge is 0.490 e. The third-order valence-electron chi connectivity index (χ3n) is 2.37. The number of hydrogen-bond acceptors (Lipinski definition) is 6. The first-order chi connectivity index (χ1) is 9.20. The van der Waals surface area contributed by atoms with Gasteiger partial charge in [0.1, 0.15) is 0 Å². The summed E-state index contributed by atoms with van der Waals surface area (Å²) in [7, 11) is 0. The Bertz CT molecular complexity index is 525. The van der Waals surface area contributed by atoms with E-state index in [9.17, 15) is 0 Å². The Labute approximate surface area is 111 Å². The second kappa shape index (κ2) is 6.19. The van der Waals surface area contributed by atoms with Crippen molar-refractivity contribution in [3.8, 4) is 11.5 Å². The summed E-state index contributed by atoms with van der Waals surface area (Å²) < 4.78 is 16.4. The van der Waals surface area contributed by atoms with E-state index in [1.165, 1.54) is 0 Å². The summed E-state index contributed by atoms with van der Waals surface area (Å²) in [4.78, 5) is 0. The van der Waals surface area contributed by atoms with E-state index in [2.05, 4.69) is 10.2 Å². The minimum atomic E-state index is -0.281. The highest BCUT2D eigenvalue weighted by Gasteiger charge is 2.11. The monoisotopic (exact) mass is 263 g/mol. The zero-order chi connectivity index (χ0) is 13.7. The van der Waals surface area contributed by atoms with Crippen molar-refractivity contribution < 1.29 is 13.9 Å². The normalized spacial score (nSPS) is 12.2. The first-order valence-corrected chi connectivity index (χ1v) is 6.13. The van der Waals surface area contributed by atoms with E-state index in [1.807, 2.05) is 31.2 Å². The average molecular weight is 263 g/mol. The first kappa shape index (κ1) is 13.4. The highest BCUT2D eigenvalue weighted by molar-refractivity contribution is 5.39. The van der Waals surface area contributed by atoms with Crippen molar-refractivity contribution >= 4 is 0 Å². The molecule has 1 atom stereocenters. The Kier molecular flexibility index (Phi) is 4.35. The van der Waals surface area contributed by atoms with Crippen molar-refractivity contribution in [2.75, 3.05) is 6.61 Å². The van der Waals surface area contributed by atoms with Gasteiger partial charge in [0, 0.05) is 0 Å². The molecule has 2 aromatic rings. The fourth-order valence-corrected chi connectivity index (χ4v) is 1.49. The van der Waals surface area contributed by atoms with Crippen molar-refractivity contribution in [1.29, 1.82) is 0 Å². The van der Waals surface area contributed by atoms with Gasteiger partial charge < -0.3 is 19.6 Å². The summed E-state index contributed by atoms with van der Waals surface area (Å²) in [6, 6.07) is 7.16. The quantitative estimate of drug-likeness (QED) is 0.858. The Hall–Kier alpha value is -2.08. The Morgan fingerprint density at radius 2 is 1.89 bits per heavy atom. The van der Waals surface area contributed by atoms with Gasteiger partial charge in [-0.2, -0.15) is 0 Å². The van der Waals surface area contributed by atoms with Crippen LogP contribution in [0.3, 0.4) is 0 Å². The van der Waals surface area contributed by atoms with Crippen LogP contribution in [0.25, 0.3) is 0 Å². The van der Waals surface area contributed by atoms with Crippen LogP contribution in [0.5, 0.6) is 11.5 Å². The summed E-state index contributed by atoms with van der Waals surface area (Å²) in [5.74, 6) is 2.12. The van der Waals surface area contributed by atoms with Gasteiger partial charge >= 0.3 is 0 Å². The maximum absolute atomic E-state index is 5.64. The second-order valence-electron chi connectivity index (χ2n) is 3.99. The molecule has 1 aromatic carbocycles. The van der Waals surface area contributed by atoms with Crippen molar-refractivity contribution in [3.05, 3.63) is 36.0 Å². The summed E-state index contributed by atoms with van der Waals surface area (Å²) in [6.45, 7) is 4.46. The molecule has 6 heteroatoms. The van der Waals surface area contributed by atoms with Crippen LogP contribution in [0.2, 0.25) is 0 Å². The second-order valence-corrected chi connectivity index (χ2v) is 3.99. The molecule has 0 saturated carbocycles. The van der Waals surface area contributed by atoms with E-state index < -0.39 is 0 Å². The molecule has 0 bridgehead atoms. The molecule has 102 valence electrons. The van der Waals surface area contributed by atoms with E-state index in [0.29, 0.717) is 29.9 Å². The molecule has 1 heterocycles. The number of benzene rings is 1. The fourth-order valence-electron chi connectivity index (χ4n) is 1.49. The predicted molar refractivity (Wildman–Crippen MR) is 68.8 cm³/mol. The molecule has 0 spiro atoms. The van der Waals surface area contributed by atoms with Crippen LogP contribution in [0.4, 0.5) is 0 Å². The van der Waals surface area contributed by atoms with Crippen molar-refractivity contribution in [3.63, 3.8) is 0 Å². The summed E-state index contributed by atoms with van der Waals surface area (Å²) in [5, 5.41) is 7.70. The molecule has 0 aliphatic rings. The van der Waals surface area contributed by atoms with E-state index in [0.717, 1.165) is 0 Å². The molecule has 0 fully saturated rings. The van der Waals surface area contributed by atoms with E-state index in [4.69, 9.17) is 19.6 Å². The molecule has 0 radical (unpaired) electrons. The molecule has 1 unspecified atom stereocenters. The van der Waals surface area contributed by atoms with Gasteiger partial charge in [0.15, 0.2) is 18.1 Å². The average Bonchev–Trinajstić information content (AvgIpc) is 2.87. The van der Waals surface area contributed by atoms with Crippen LogP contribution in [0.1, 0.15) is 31.7 Å². The SMILES string of the molecule is CCOc1ccccc1OCc1nnc(C(C)N)o1. The van der Waals surface area contributed by atoms with Crippen molar-refractivity contribution in [1.82, 2.24) is 10.2 Å². The number of para-hydroxylation sites is 2. The van der Waals surface area contributed by atoms with Gasteiger partial charge in [-0.05, 0) is 26.0 Å². The standard InChI is InChI=1S/C13H17N3O3/c1-3-17-10-6-4-5-7-11(10)18-8-12-15-16-13(19-12)9(2)14/h4-7,9H,3,8,14H2,1-2H3. The lowest BCUT2D eigenvalue weighted by Gasteiger charge is -2.09. The summed E-state index contributed by atoms with van der Waals surface area (Å²) in [6.07, 6.45) is 0. The van der Waals surface area contributed by atoms with Gasteiger partial charge in [0.05, 0.1) is 12.6 Å². The fraction of sp³-hybridized carbons (Fsp3) is 0.385. The Morgan fingerprint density at radius 1 is 1.21 bits per heavy atom. The van der Waals surface area contributed by atoms with Gasteiger partial charge in [-0.15, -0.1) is 10.2 Å². The van der Waals surface area contributed by atoms with Gasteiger partial charge in [0.25, 0.3) is 5.89 Å². The molecule has 1 aromatic heterocycles. The van der Waals surface area contributed by atoms with Gasteiger partial charge in [-0.3, -0.25) is 0 Å². The number of aromatic nitrogens is 2. The topological polar surface area (TPSA) is 83.4 Å². The molecule has 2 rings (SSSR count). The first-order valence-electron chi connectivity index (χ1n) is 6.13. The molecule has 6 nitrogen and oxygen atoms in total. The molecule has 2 N–H and O–H groups in total. The Balaban J connectivity index is 2.01. The molecule has 0 saturated heterocycles. The van der Waals surface area contributed by atoms with E-state index in [-0.39, 0.29) is 12.6 Å². The molecule has 19 heavy (non-hydrogen) atoms. The molecular weight excluding hydrogens is 246 g/mol. The van der Waals surface area contributed by atoms with Gasteiger partial charge in [0.2, 0.25) is 5.89 Å². The minimum absolute atomic E-state index is 0.184. The summed E-state index contributed by atoms with van der Waals surface area (Å²) >= 11 is 0. The van der Waals surface area contributed by atoms with Gasteiger partial charge in [-0.25, -0.2) is 0 Å². The van der Waals surface area contributed by atoms with Crippen LogP contribution in [0, 0.1) is 0 Å². The van der Waals surface area contributed by atoms with Crippen LogP contribution in [-0.4, -0.2) is 16.8 Å². The van der Waals surface area contributed by atoms with Gasteiger partial charge in [-0.1, -0.05) is 12.1 Å². The minimum Gasteiger partial charge on any atom is -0.490 e. The zero-order valence-electron chi connectivity index (χ0n) is 11.0. The summed E-state index contributed by atoms with van der Waals surface area (Å²) in [5.41, 5.74) is 5.64. The van der Waals surface area contributed by atoms with Crippen molar-refractivity contribution in [2.45, 2.75) is 26.5 Å². The highest BCUT2D eigenvalue weighted by Crippen LogP contribution is 2.27. The lowest BCUT2D eigenvalue weighted by Crippen LogP contribution is -2.04.